The highest BCUT2D eigenvalue weighted by molar-refractivity contribution is 7.15. The first kappa shape index (κ1) is 16.4. The molecule has 0 aliphatic carbocycles. The highest BCUT2D eigenvalue weighted by atomic mass is 32.1. The molecule has 1 heterocycles. The van der Waals surface area contributed by atoms with E-state index in [1.54, 1.807) is 31.4 Å². The molecule has 0 fully saturated rings. The Morgan fingerprint density at radius 2 is 2.05 bits per heavy atom. The summed E-state index contributed by atoms with van der Waals surface area (Å²) in [7, 11) is 1.59. The Labute approximate surface area is 134 Å². The van der Waals surface area contributed by atoms with E-state index in [9.17, 15) is 4.79 Å². The average molecular weight is 319 g/mol. The van der Waals surface area contributed by atoms with Gasteiger partial charge in [-0.15, -0.1) is 10.2 Å². The topological polar surface area (TPSA) is 64.1 Å². The second-order valence-corrected chi connectivity index (χ2v) is 6.30. The number of carbonyl (C=O) groups is 1. The van der Waals surface area contributed by atoms with Gasteiger partial charge in [0.2, 0.25) is 5.13 Å². The zero-order valence-corrected chi connectivity index (χ0v) is 13.9. The summed E-state index contributed by atoms with van der Waals surface area (Å²) >= 11 is 1.44. The molecule has 1 unspecified atom stereocenters. The molecule has 0 bridgehead atoms. The van der Waals surface area contributed by atoms with Gasteiger partial charge in [-0.25, -0.2) is 0 Å². The number of rotatable bonds is 7. The molecule has 0 saturated carbocycles. The zero-order chi connectivity index (χ0) is 15.9. The second kappa shape index (κ2) is 7.89. The van der Waals surface area contributed by atoms with Gasteiger partial charge in [0.15, 0.2) is 0 Å². The fraction of sp³-hybridized carbons (Fsp3) is 0.438. The summed E-state index contributed by atoms with van der Waals surface area (Å²) in [5.74, 6) is 1.22. The number of carbonyl (C=O) groups excluding carboxylic acids is 1. The number of ether oxygens (including phenoxy) is 1. The highest BCUT2D eigenvalue weighted by Gasteiger charge is 2.11. The van der Waals surface area contributed by atoms with Crippen LogP contribution < -0.4 is 10.1 Å². The molecule has 2 rings (SSSR count). The Morgan fingerprint density at radius 1 is 1.32 bits per heavy atom. The lowest BCUT2D eigenvalue weighted by Gasteiger charge is -2.04. The molecular formula is C16H21N3O2S. The summed E-state index contributed by atoms with van der Waals surface area (Å²) in [4.78, 5) is 12.1. The minimum atomic E-state index is -0.188. The Bertz CT molecular complexity index is 610. The van der Waals surface area contributed by atoms with E-state index in [-0.39, 0.29) is 5.91 Å². The number of benzene rings is 1. The molecule has 6 heteroatoms. The molecule has 1 aromatic carbocycles. The van der Waals surface area contributed by atoms with Crippen molar-refractivity contribution in [2.45, 2.75) is 33.1 Å². The van der Waals surface area contributed by atoms with Crippen molar-refractivity contribution in [3.8, 4) is 5.75 Å². The van der Waals surface area contributed by atoms with E-state index in [0.717, 1.165) is 23.6 Å². The van der Waals surface area contributed by atoms with E-state index in [2.05, 4.69) is 29.4 Å². The van der Waals surface area contributed by atoms with Crippen LogP contribution in [0.25, 0.3) is 0 Å². The van der Waals surface area contributed by atoms with Gasteiger partial charge in [-0.3, -0.25) is 10.1 Å². The van der Waals surface area contributed by atoms with Crippen LogP contribution in [0.2, 0.25) is 0 Å². The van der Waals surface area contributed by atoms with E-state index < -0.39 is 0 Å². The van der Waals surface area contributed by atoms with Gasteiger partial charge in [0.05, 0.1) is 7.11 Å². The summed E-state index contributed by atoms with van der Waals surface area (Å²) in [6.07, 6.45) is 3.17. The molecule has 118 valence electrons. The Morgan fingerprint density at radius 3 is 2.68 bits per heavy atom. The molecule has 5 nitrogen and oxygen atoms in total. The zero-order valence-electron chi connectivity index (χ0n) is 13.1. The molecular weight excluding hydrogens is 298 g/mol. The van der Waals surface area contributed by atoms with Crippen LogP contribution in [0, 0.1) is 5.92 Å². The summed E-state index contributed by atoms with van der Waals surface area (Å²) in [6, 6.07) is 6.96. The standard InChI is InChI=1S/C16H21N3O2S/c1-4-11(2)5-10-14-18-19-16(22-14)17-15(20)12-6-8-13(21-3)9-7-12/h6-9,11H,4-5,10H2,1-3H3,(H,17,19,20). The summed E-state index contributed by atoms with van der Waals surface area (Å²) in [5, 5.41) is 12.4. The van der Waals surface area contributed by atoms with Gasteiger partial charge in [-0.1, -0.05) is 31.6 Å². The van der Waals surface area contributed by atoms with E-state index in [4.69, 9.17) is 4.74 Å². The van der Waals surface area contributed by atoms with Crippen LogP contribution in [-0.4, -0.2) is 23.2 Å². The first-order chi connectivity index (χ1) is 10.6. The lowest BCUT2D eigenvalue weighted by atomic mass is 10.0. The van der Waals surface area contributed by atoms with Gasteiger partial charge in [-0.05, 0) is 36.6 Å². The van der Waals surface area contributed by atoms with Crippen molar-refractivity contribution in [1.29, 1.82) is 0 Å². The number of aryl methyl sites for hydroxylation is 1. The molecule has 1 aromatic heterocycles. The fourth-order valence-corrected chi connectivity index (χ4v) is 2.64. The predicted molar refractivity (Wildman–Crippen MR) is 88.6 cm³/mol. The lowest BCUT2D eigenvalue weighted by Crippen LogP contribution is -2.11. The lowest BCUT2D eigenvalue weighted by molar-refractivity contribution is 0.102. The molecule has 0 spiro atoms. The van der Waals surface area contributed by atoms with Crippen LogP contribution in [0.1, 0.15) is 42.1 Å². The number of nitrogens with zero attached hydrogens (tertiary/aromatic N) is 2. The molecule has 2 aromatic rings. The maximum atomic E-state index is 12.1. The number of nitrogens with one attached hydrogen (secondary N) is 1. The van der Waals surface area contributed by atoms with E-state index >= 15 is 0 Å². The normalized spacial score (nSPS) is 12.0. The molecule has 0 aliphatic heterocycles. The summed E-state index contributed by atoms with van der Waals surface area (Å²) < 4.78 is 5.07. The molecule has 0 saturated heterocycles. The third-order valence-corrected chi connectivity index (χ3v) is 4.49. The van der Waals surface area contributed by atoms with Crippen molar-refractivity contribution in [3.63, 3.8) is 0 Å². The van der Waals surface area contributed by atoms with Gasteiger partial charge in [-0.2, -0.15) is 0 Å². The van der Waals surface area contributed by atoms with Crippen LogP contribution >= 0.6 is 11.3 Å². The van der Waals surface area contributed by atoms with Crippen molar-refractivity contribution < 1.29 is 9.53 Å². The Hall–Kier alpha value is -1.95. The monoisotopic (exact) mass is 319 g/mol. The minimum absolute atomic E-state index is 0.188. The molecule has 1 N–H and O–H groups in total. The van der Waals surface area contributed by atoms with E-state index in [1.165, 1.54) is 17.8 Å². The predicted octanol–water partition coefficient (Wildman–Crippen LogP) is 3.78. The molecule has 1 atom stereocenters. The first-order valence-corrected chi connectivity index (χ1v) is 8.21. The third-order valence-electron chi connectivity index (χ3n) is 3.59. The number of aromatic nitrogens is 2. The summed E-state index contributed by atoms with van der Waals surface area (Å²) in [5.41, 5.74) is 0.567. The van der Waals surface area contributed by atoms with Crippen molar-refractivity contribution >= 4 is 22.4 Å². The SMILES string of the molecule is CCC(C)CCc1nnc(NC(=O)c2ccc(OC)cc2)s1. The Kier molecular flexibility index (Phi) is 5.89. The van der Waals surface area contributed by atoms with Crippen LogP contribution in [0.5, 0.6) is 5.75 Å². The smallest absolute Gasteiger partial charge is 0.257 e. The molecule has 22 heavy (non-hydrogen) atoms. The maximum Gasteiger partial charge on any atom is 0.257 e. The van der Waals surface area contributed by atoms with Crippen molar-refractivity contribution in [2.24, 2.45) is 5.92 Å². The van der Waals surface area contributed by atoms with Gasteiger partial charge in [0.1, 0.15) is 10.8 Å². The van der Waals surface area contributed by atoms with Gasteiger partial charge in [0, 0.05) is 12.0 Å². The van der Waals surface area contributed by atoms with Crippen molar-refractivity contribution in [2.75, 3.05) is 12.4 Å². The number of amides is 1. The van der Waals surface area contributed by atoms with E-state index in [0.29, 0.717) is 16.6 Å². The second-order valence-electron chi connectivity index (χ2n) is 5.24. The molecule has 0 radical (unpaired) electrons. The van der Waals surface area contributed by atoms with Crippen LogP contribution in [0.4, 0.5) is 5.13 Å². The maximum absolute atomic E-state index is 12.1. The highest BCUT2D eigenvalue weighted by Crippen LogP contribution is 2.20. The number of anilines is 1. The van der Waals surface area contributed by atoms with Gasteiger partial charge >= 0.3 is 0 Å². The van der Waals surface area contributed by atoms with Crippen molar-refractivity contribution in [3.05, 3.63) is 34.8 Å². The average Bonchev–Trinajstić information content (AvgIpc) is 3.00. The molecule has 1 amide bonds. The van der Waals surface area contributed by atoms with Crippen molar-refractivity contribution in [1.82, 2.24) is 10.2 Å². The molecule has 0 aliphatic rings. The van der Waals surface area contributed by atoms with Gasteiger partial charge < -0.3 is 4.74 Å². The largest absolute Gasteiger partial charge is 0.497 e. The minimum Gasteiger partial charge on any atom is -0.497 e. The van der Waals surface area contributed by atoms with Crippen LogP contribution in [0.15, 0.2) is 24.3 Å². The Balaban J connectivity index is 1.92. The number of hydrogen-bond acceptors (Lipinski definition) is 5. The summed E-state index contributed by atoms with van der Waals surface area (Å²) in [6.45, 7) is 4.42. The van der Waals surface area contributed by atoms with Crippen LogP contribution in [0.3, 0.4) is 0 Å². The first-order valence-electron chi connectivity index (χ1n) is 7.40. The van der Waals surface area contributed by atoms with Crippen LogP contribution in [-0.2, 0) is 6.42 Å². The van der Waals surface area contributed by atoms with Gasteiger partial charge in [0.25, 0.3) is 5.91 Å². The quantitative estimate of drug-likeness (QED) is 0.843. The van der Waals surface area contributed by atoms with E-state index in [1.807, 2.05) is 0 Å². The number of hydrogen-bond donors (Lipinski definition) is 1. The fourth-order valence-electron chi connectivity index (χ4n) is 1.89. The number of methoxy groups -OCH3 is 1. The third kappa shape index (κ3) is 4.53.